The first-order valence-corrected chi connectivity index (χ1v) is 8.49. The standard InChI is InChI=1S/C19H25NO4/c1-18(23)11-14-24-19(17(18)22)9-12-20(13-10-19)16(21)8-7-15-5-3-2-4-6-15/h2-8,17,22-23H,9-14H2,1H3/b8-7+/t17-,18+/m0/s1. The highest BCUT2D eigenvalue weighted by Crippen LogP contribution is 2.39. The summed E-state index contributed by atoms with van der Waals surface area (Å²) in [5.41, 5.74) is -0.874. The van der Waals surface area contributed by atoms with E-state index in [-0.39, 0.29) is 5.91 Å². The van der Waals surface area contributed by atoms with E-state index in [9.17, 15) is 15.0 Å². The lowest BCUT2D eigenvalue weighted by Crippen LogP contribution is -2.64. The van der Waals surface area contributed by atoms with Gasteiger partial charge in [-0.05, 0) is 31.4 Å². The topological polar surface area (TPSA) is 70.0 Å². The SMILES string of the molecule is C[C@@]1(O)CCOC2(CCN(C(=O)/C=C/c3ccccc3)CC2)[C@H]1O. The summed E-state index contributed by atoms with van der Waals surface area (Å²) in [5.74, 6) is -0.0363. The first kappa shape index (κ1) is 17.1. The van der Waals surface area contributed by atoms with Gasteiger partial charge in [0.05, 0.1) is 12.2 Å². The largest absolute Gasteiger partial charge is 0.387 e. The Morgan fingerprint density at radius 1 is 1.25 bits per heavy atom. The van der Waals surface area contributed by atoms with Crippen molar-refractivity contribution < 1.29 is 19.7 Å². The van der Waals surface area contributed by atoms with Gasteiger partial charge in [-0.1, -0.05) is 30.3 Å². The van der Waals surface area contributed by atoms with Crippen LogP contribution in [0, 0.1) is 0 Å². The highest BCUT2D eigenvalue weighted by molar-refractivity contribution is 5.91. The molecule has 130 valence electrons. The third-order valence-corrected chi connectivity index (χ3v) is 5.22. The summed E-state index contributed by atoms with van der Waals surface area (Å²) in [7, 11) is 0. The number of likely N-dealkylation sites (tertiary alicyclic amines) is 1. The number of ether oxygens (including phenoxy) is 1. The lowest BCUT2D eigenvalue weighted by molar-refractivity contribution is -0.245. The molecule has 3 rings (SSSR count). The molecule has 2 fully saturated rings. The monoisotopic (exact) mass is 331 g/mol. The first-order valence-electron chi connectivity index (χ1n) is 8.49. The summed E-state index contributed by atoms with van der Waals surface area (Å²) in [4.78, 5) is 14.1. The summed E-state index contributed by atoms with van der Waals surface area (Å²) in [5, 5.41) is 20.8. The lowest BCUT2D eigenvalue weighted by Gasteiger charge is -2.51. The maximum atomic E-state index is 12.3. The third kappa shape index (κ3) is 3.38. The van der Waals surface area contributed by atoms with Crippen LogP contribution in [0.3, 0.4) is 0 Å². The van der Waals surface area contributed by atoms with Crippen LogP contribution < -0.4 is 0 Å². The van der Waals surface area contributed by atoms with E-state index < -0.39 is 17.3 Å². The molecule has 0 radical (unpaired) electrons. The second-order valence-electron chi connectivity index (χ2n) is 6.99. The molecule has 0 unspecified atom stereocenters. The summed E-state index contributed by atoms with van der Waals surface area (Å²) < 4.78 is 5.85. The second-order valence-corrected chi connectivity index (χ2v) is 6.99. The van der Waals surface area contributed by atoms with Gasteiger partial charge in [0.2, 0.25) is 5.91 Å². The predicted molar refractivity (Wildman–Crippen MR) is 91.2 cm³/mol. The molecule has 1 spiro atoms. The van der Waals surface area contributed by atoms with Crippen molar-refractivity contribution in [2.24, 2.45) is 0 Å². The number of aliphatic hydroxyl groups excluding tert-OH is 1. The van der Waals surface area contributed by atoms with E-state index in [1.165, 1.54) is 0 Å². The lowest BCUT2D eigenvalue weighted by atomic mass is 9.75. The molecule has 0 aromatic heterocycles. The highest BCUT2D eigenvalue weighted by atomic mass is 16.5. The average molecular weight is 331 g/mol. The second kappa shape index (κ2) is 6.67. The Kier molecular flexibility index (Phi) is 4.76. The minimum Gasteiger partial charge on any atom is -0.387 e. The van der Waals surface area contributed by atoms with Gasteiger partial charge in [-0.2, -0.15) is 0 Å². The molecule has 1 aromatic carbocycles. The quantitative estimate of drug-likeness (QED) is 0.808. The predicted octanol–water partition coefficient (Wildman–Crippen LogP) is 1.59. The zero-order valence-electron chi connectivity index (χ0n) is 14.0. The fraction of sp³-hybridized carbons (Fsp3) is 0.526. The minimum absolute atomic E-state index is 0.0363. The van der Waals surface area contributed by atoms with Crippen molar-refractivity contribution in [1.82, 2.24) is 4.90 Å². The number of hydrogen-bond acceptors (Lipinski definition) is 4. The van der Waals surface area contributed by atoms with Gasteiger partial charge in [0, 0.05) is 25.6 Å². The number of piperidine rings is 1. The molecule has 0 saturated carbocycles. The smallest absolute Gasteiger partial charge is 0.246 e. The number of nitrogens with zero attached hydrogens (tertiary/aromatic N) is 1. The van der Waals surface area contributed by atoms with E-state index >= 15 is 0 Å². The number of aliphatic hydroxyl groups is 2. The van der Waals surface area contributed by atoms with Gasteiger partial charge in [0.25, 0.3) is 0 Å². The van der Waals surface area contributed by atoms with Gasteiger partial charge >= 0.3 is 0 Å². The highest BCUT2D eigenvalue weighted by Gasteiger charge is 2.52. The van der Waals surface area contributed by atoms with Gasteiger partial charge in [0.15, 0.2) is 0 Å². The molecule has 5 heteroatoms. The summed E-state index contributed by atoms with van der Waals surface area (Å²) >= 11 is 0. The molecular formula is C19H25NO4. The van der Waals surface area contributed by atoms with E-state index in [4.69, 9.17) is 4.74 Å². The van der Waals surface area contributed by atoms with Crippen molar-refractivity contribution in [3.63, 3.8) is 0 Å². The average Bonchev–Trinajstić information content (AvgIpc) is 2.59. The van der Waals surface area contributed by atoms with Crippen LogP contribution in [0.15, 0.2) is 36.4 Å². The number of amides is 1. The van der Waals surface area contributed by atoms with Gasteiger partial charge in [-0.3, -0.25) is 4.79 Å². The van der Waals surface area contributed by atoms with Crippen LogP contribution in [0.2, 0.25) is 0 Å². The fourth-order valence-corrected chi connectivity index (χ4v) is 3.60. The van der Waals surface area contributed by atoms with Crippen LogP contribution in [0.25, 0.3) is 6.08 Å². The molecule has 0 aliphatic carbocycles. The molecule has 2 atom stereocenters. The minimum atomic E-state index is -1.13. The Balaban J connectivity index is 1.60. The van der Waals surface area contributed by atoms with Crippen molar-refractivity contribution in [1.29, 1.82) is 0 Å². The maximum Gasteiger partial charge on any atom is 0.246 e. The Morgan fingerprint density at radius 2 is 1.92 bits per heavy atom. The van der Waals surface area contributed by atoms with E-state index in [1.807, 2.05) is 36.4 Å². The van der Waals surface area contributed by atoms with Crippen molar-refractivity contribution >= 4 is 12.0 Å². The normalized spacial score (nSPS) is 30.0. The zero-order chi connectivity index (χ0) is 17.2. The molecule has 0 bridgehead atoms. The Bertz CT molecular complexity index is 603. The van der Waals surface area contributed by atoms with Crippen molar-refractivity contribution in [2.45, 2.75) is 43.5 Å². The molecule has 2 N–H and O–H groups in total. The maximum absolute atomic E-state index is 12.3. The van der Waals surface area contributed by atoms with Gasteiger partial charge < -0.3 is 19.8 Å². The Morgan fingerprint density at radius 3 is 2.58 bits per heavy atom. The fourth-order valence-electron chi connectivity index (χ4n) is 3.60. The van der Waals surface area contributed by atoms with E-state index in [0.29, 0.717) is 39.0 Å². The van der Waals surface area contributed by atoms with Crippen LogP contribution >= 0.6 is 0 Å². The molecule has 2 heterocycles. The van der Waals surface area contributed by atoms with Gasteiger partial charge in [0.1, 0.15) is 11.7 Å². The number of hydrogen-bond donors (Lipinski definition) is 2. The van der Waals surface area contributed by atoms with E-state index in [0.717, 1.165) is 5.56 Å². The van der Waals surface area contributed by atoms with Crippen LogP contribution in [0.5, 0.6) is 0 Å². The molecule has 5 nitrogen and oxygen atoms in total. The molecule has 24 heavy (non-hydrogen) atoms. The molecule has 2 aliphatic heterocycles. The van der Waals surface area contributed by atoms with E-state index in [2.05, 4.69) is 0 Å². The number of carbonyl (C=O) groups is 1. The van der Waals surface area contributed by atoms with Crippen LogP contribution in [0.4, 0.5) is 0 Å². The number of rotatable bonds is 2. The molecular weight excluding hydrogens is 306 g/mol. The Hall–Kier alpha value is -1.69. The number of carbonyl (C=O) groups excluding carboxylic acids is 1. The van der Waals surface area contributed by atoms with Crippen molar-refractivity contribution in [3.8, 4) is 0 Å². The number of benzene rings is 1. The molecule has 1 amide bonds. The van der Waals surface area contributed by atoms with Crippen LogP contribution in [0.1, 0.15) is 31.7 Å². The van der Waals surface area contributed by atoms with Gasteiger partial charge in [-0.15, -0.1) is 0 Å². The third-order valence-electron chi connectivity index (χ3n) is 5.22. The zero-order valence-corrected chi connectivity index (χ0v) is 14.0. The van der Waals surface area contributed by atoms with E-state index in [1.54, 1.807) is 17.9 Å². The molecule has 1 aromatic rings. The van der Waals surface area contributed by atoms with Crippen molar-refractivity contribution in [3.05, 3.63) is 42.0 Å². The van der Waals surface area contributed by atoms with Crippen LogP contribution in [-0.4, -0.2) is 58.0 Å². The van der Waals surface area contributed by atoms with Crippen LogP contribution in [-0.2, 0) is 9.53 Å². The summed E-state index contributed by atoms with van der Waals surface area (Å²) in [6, 6.07) is 9.70. The summed E-state index contributed by atoms with van der Waals surface area (Å²) in [6.45, 7) is 3.13. The summed E-state index contributed by atoms with van der Waals surface area (Å²) in [6.07, 6.45) is 3.98. The molecule has 2 aliphatic rings. The first-order chi connectivity index (χ1) is 11.4. The van der Waals surface area contributed by atoms with Crippen molar-refractivity contribution in [2.75, 3.05) is 19.7 Å². The van der Waals surface area contributed by atoms with Gasteiger partial charge in [-0.25, -0.2) is 0 Å². The molecule has 2 saturated heterocycles. The Labute approximate surface area is 142 Å².